The van der Waals surface area contributed by atoms with E-state index in [1.165, 1.54) is 0 Å². The van der Waals surface area contributed by atoms with Crippen molar-refractivity contribution in [3.63, 3.8) is 0 Å². The first-order valence-corrected chi connectivity index (χ1v) is 7.38. The average Bonchev–Trinajstić information content (AvgIpc) is 2.33. The number of carboxylic acids is 1. The van der Waals surface area contributed by atoms with E-state index in [-0.39, 0.29) is 12.0 Å². The van der Waals surface area contributed by atoms with Crippen molar-refractivity contribution in [1.29, 1.82) is 0 Å². The molecule has 3 atom stereocenters. The van der Waals surface area contributed by atoms with E-state index < -0.39 is 28.6 Å². The second-order valence-corrected chi connectivity index (χ2v) is 7.50. The quantitative estimate of drug-likeness (QED) is 0.816. The summed E-state index contributed by atoms with van der Waals surface area (Å²) in [4.78, 5) is 24.0. The van der Waals surface area contributed by atoms with Crippen molar-refractivity contribution in [2.45, 2.75) is 64.7 Å². The molecule has 6 heteroatoms. The molecule has 120 valence electrons. The summed E-state index contributed by atoms with van der Waals surface area (Å²) in [6.07, 6.45) is 0.706. The van der Waals surface area contributed by atoms with Gasteiger partial charge in [0, 0.05) is 17.9 Å². The lowest BCUT2D eigenvalue weighted by atomic mass is 9.46. The lowest BCUT2D eigenvalue weighted by Crippen LogP contribution is -2.82. The Morgan fingerprint density at radius 3 is 2.48 bits per heavy atom. The highest BCUT2D eigenvalue weighted by Gasteiger charge is 2.73. The molecule has 1 heterocycles. The SMILES string of the molecule is CC(C)(C)OC(=O)N[C@@]1(C(=O)O)[C@H]2CCCO[C@@H]2C1(C)C. The number of carbonyl (C=O) groups excluding carboxylic acids is 1. The number of amides is 1. The van der Waals surface area contributed by atoms with Gasteiger partial charge in [0.1, 0.15) is 5.60 Å². The zero-order chi connectivity index (χ0) is 16.1. The second kappa shape index (κ2) is 4.87. The molecule has 6 nitrogen and oxygen atoms in total. The minimum atomic E-state index is -1.33. The van der Waals surface area contributed by atoms with Crippen LogP contribution in [0.3, 0.4) is 0 Å². The molecule has 1 amide bonds. The minimum absolute atomic E-state index is 0.141. The molecule has 2 rings (SSSR count). The maximum absolute atomic E-state index is 12.1. The van der Waals surface area contributed by atoms with Crippen LogP contribution in [-0.2, 0) is 14.3 Å². The Labute approximate surface area is 125 Å². The van der Waals surface area contributed by atoms with Crippen molar-refractivity contribution in [2.75, 3.05) is 6.61 Å². The third-order valence-corrected chi connectivity index (χ3v) is 4.64. The van der Waals surface area contributed by atoms with Crippen LogP contribution in [0.2, 0.25) is 0 Å². The van der Waals surface area contributed by atoms with Crippen molar-refractivity contribution in [1.82, 2.24) is 5.32 Å². The van der Waals surface area contributed by atoms with Gasteiger partial charge in [-0.2, -0.15) is 0 Å². The average molecular weight is 299 g/mol. The van der Waals surface area contributed by atoms with Gasteiger partial charge in [-0.3, -0.25) is 0 Å². The molecule has 0 bridgehead atoms. The van der Waals surface area contributed by atoms with Gasteiger partial charge in [-0.25, -0.2) is 9.59 Å². The molecule has 0 aromatic carbocycles. The first-order chi connectivity index (χ1) is 9.52. The number of aliphatic carboxylic acids is 1. The molecule has 2 aliphatic rings. The highest BCUT2D eigenvalue weighted by atomic mass is 16.6. The van der Waals surface area contributed by atoms with E-state index in [9.17, 15) is 14.7 Å². The van der Waals surface area contributed by atoms with E-state index in [1.807, 2.05) is 13.8 Å². The van der Waals surface area contributed by atoms with Gasteiger partial charge < -0.3 is 19.9 Å². The maximum atomic E-state index is 12.1. The van der Waals surface area contributed by atoms with E-state index in [1.54, 1.807) is 20.8 Å². The minimum Gasteiger partial charge on any atom is -0.479 e. The Morgan fingerprint density at radius 1 is 1.33 bits per heavy atom. The first-order valence-electron chi connectivity index (χ1n) is 7.38. The number of nitrogens with one attached hydrogen (secondary N) is 1. The largest absolute Gasteiger partial charge is 0.479 e. The smallest absolute Gasteiger partial charge is 0.408 e. The first kappa shape index (κ1) is 16.1. The van der Waals surface area contributed by atoms with Crippen LogP contribution < -0.4 is 5.32 Å². The standard InChI is InChI=1S/C15H25NO5/c1-13(2,3)21-12(19)16-15(11(17)18)9-7-6-8-20-10(9)14(15,4)5/h9-10H,6-8H2,1-5H3,(H,16,19)(H,17,18)/t9-,10-,15+/m0/s1. The highest BCUT2D eigenvalue weighted by Crippen LogP contribution is 2.58. The Balaban J connectivity index is 2.25. The predicted octanol–water partition coefficient (Wildman–Crippen LogP) is 2.17. The van der Waals surface area contributed by atoms with Gasteiger partial charge in [0.05, 0.1) is 6.10 Å². The highest BCUT2D eigenvalue weighted by molar-refractivity contribution is 5.88. The van der Waals surface area contributed by atoms with E-state index >= 15 is 0 Å². The number of hydrogen-bond acceptors (Lipinski definition) is 4. The summed E-state index contributed by atoms with van der Waals surface area (Å²) in [5.74, 6) is -1.24. The molecule has 0 unspecified atom stereocenters. The van der Waals surface area contributed by atoms with Crippen LogP contribution in [0, 0.1) is 11.3 Å². The lowest BCUT2D eigenvalue weighted by molar-refractivity contribution is -0.241. The summed E-state index contributed by atoms with van der Waals surface area (Å²) in [5.41, 5.74) is -2.68. The number of ether oxygens (including phenoxy) is 2. The fourth-order valence-electron chi connectivity index (χ4n) is 3.75. The van der Waals surface area contributed by atoms with Gasteiger partial charge in [0.2, 0.25) is 0 Å². The van der Waals surface area contributed by atoms with Gasteiger partial charge in [0.15, 0.2) is 5.54 Å². The molecule has 0 radical (unpaired) electrons. The summed E-state index contributed by atoms with van der Waals surface area (Å²) in [6, 6.07) is 0. The lowest BCUT2D eigenvalue weighted by Gasteiger charge is -2.65. The Bertz CT molecular complexity index is 453. The molecule has 2 N–H and O–H groups in total. The maximum Gasteiger partial charge on any atom is 0.408 e. The molecule has 0 aromatic rings. The number of carbonyl (C=O) groups is 2. The predicted molar refractivity (Wildman–Crippen MR) is 76.0 cm³/mol. The van der Waals surface area contributed by atoms with Crippen molar-refractivity contribution in [3.8, 4) is 0 Å². The molecule has 0 aromatic heterocycles. The number of fused-ring (bicyclic) bond motifs is 1. The molecule has 1 saturated heterocycles. The molecule has 1 aliphatic carbocycles. The Morgan fingerprint density at radius 2 is 1.95 bits per heavy atom. The van der Waals surface area contributed by atoms with Crippen molar-refractivity contribution in [3.05, 3.63) is 0 Å². The summed E-state index contributed by atoms with van der Waals surface area (Å²) >= 11 is 0. The van der Waals surface area contributed by atoms with Gasteiger partial charge >= 0.3 is 12.1 Å². The summed E-state index contributed by atoms with van der Waals surface area (Å²) < 4.78 is 11.0. The zero-order valence-electron chi connectivity index (χ0n) is 13.4. The number of carboxylic acid groups (broad SMARTS) is 1. The second-order valence-electron chi connectivity index (χ2n) is 7.50. The third kappa shape index (κ3) is 2.39. The fourth-order valence-corrected chi connectivity index (χ4v) is 3.75. The van der Waals surface area contributed by atoms with E-state index in [4.69, 9.17) is 9.47 Å². The molecular weight excluding hydrogens is 274 g/mol. The van der Waals surface area contributed by atoms with Crippen LogP contribution in [-0.4, -0.2) is 41.0 Å². The molecule has 1 saturated carbocycles. The van der Waals surface area contributed by atoms with Crippen molar-refractivity contribution >= 4 is 12.1 Å². The van der Waals surface area contributed by atoms with Crippen LogP contribution in [0.1, 0.15) is 47.5 Å². The van der Waals surface area contributed by atoms with E-state index in [0.717, 1.165) is 12.8 Å². The summed E-state index contributed by atoms with van der Waals surface area (Å²) in [7, 11) is 0. The van der Waals surface area contributed by atoms with Crippen LogP contribution in [0.15, 0.2) is 0 Å². The van der Waals surface area contributed by atoms with Crippen LogP contribution in [0.4, 0.5) is 4.79 Å². The summed E-state index contributed by atoms with van der Waals surface area (Å²) in [6.45, 7) is 9.54. The number of hydrogen-bond donors (Lipinski definition) is 2. The molecule has 1 aliphatic heterocycles. The molecule has 2 fully saturated rings. The molecular formula is C15H25NO5. The fraction of sp³-hybridized carbons (Fsp3) is 0.867. The van der Waals surface area contributed by atoms with Gasteiger partial charge in [-0.15, -0.1) is 0 Å². The number of alkyl carbamates (subject to hydrolysis) is 1. The third-order valence-electron chi connectivity index (χ3n) is 4.64. The van der Waals surface area contributed by atoms with Crippen LogP contribution in [0.5, 0.6) is 0 Å². The monoisotopic (exact) mass is 299 g/mol. The van der Waals surface area contributed by atoms with E-state index in [2.05, 4.69) is 5.32 Å². The summed E-state index contributed by atoms with van der Waals surface area (Å²) in [5, 5.41) is 12.4. The van der Waals surface area contributed by atoms with Gasteiger partial charge in [-0.05, 0) is 33.6 Å². The van der Waals surface area contributed by atoms with Crippen LogP contribution in [0.25, 0.3) is 0 Å². The number of rotatable bonds is 2. The Hall–Kier alpha value is -1.30. The normalized spacial score (nSPS) is 34.3. The molecule has 21 heavy (non-hydrogen) atoms. The van der Waals surface area contributed by atoms with Crippen molar-refractivity contribution < 1.29 is 24.2 Å². The van der Waals surface area contributed by atoms with Gasteiger partial charge in [-0.1, -0.05) is 13.8 Å². The topological polar surface area (TPSA) is 84.9 Å². The van der Waals surface area contributed by atoms with Crippen molar-refractivity contribution in [2.24, 2.45) is 11.3 Å². The van der Waals surface area contributed by atoms with Crippen LogP contribution >= 0.6 is 0 Å². The van der Waals surface area contributed by atoms with E-state index in [0.29, 0.717) is 6.61 Å². The Kier molecular flexibility index (Phi) is 3.72. The van der Waals surface area contributed by atoms with Gasteiger partial charge in [0.25, 0.3) is 0 Å². The molecule has 0 spiro atoms. The zero-order valence-corrected chi connectivity index (χ0v) is 13.4.